The van der Waals surface area contributed by atoms with Crippen molar-refractivity contribution in [1.82, 2.24) is 9.80 Å². The first kappa shape index (κ1) is 14.4. The van der Waals surface area contributed by atoms with Crippen LogP contribution >= 0.6 is 0 Å². The molecule has 0 spiro atoms. The summed E-state index contributed by atoms with van der Waals surface area (Å²) in [6, 6.07) is 0.355. The lowest BCUT2D eigenvalue weighted by atomic mass is 10.1. The number of hydrogen-bond acceptors (Lipinski definition) is 4. The molecule has 1 aliphatic rings. The van der Waals surface area contributed by atoms with Crippen LogP contribution in [-0.4, -0.2) is 73.9 Å². The summed E-state index contributed by atoms with van der Waals surface area (Å²) in [5, 5.41) is 8.96. The number of carboxylic acids is 1. The van der Waals surface area contributed by atoms with Gasteiger partial charge in [0.25, 0.3) is 0 Å². The van der Waals surface area contributed by atoms with Crippen molar-refractivity contribution in [3.63, 3.8) is 0 Å². The van der Waals surface area contributed by atoms with Crippen LogP contribution in [-0.2, 0) is 9.53 Å². The Labute approximate surface area is 103 Å². The van der Waals surface area contributed by atoms with Gasteiger partial charge in [-0.2, -0.15) is 0 Å². The highest BCUT2D eigenvalue weighted by molar-refractivity contribution is 5.69. The van der Waals surface area contributed by atoms with Gasteiger partial charge in [0.1, 0.15) is 0 Å². The van der Waals surface area contributed by atoms with E-state index < -0.39 is 5.97 Å². The third-order valence-corrected chi connectivity index (χ3v) is 3.11. The maximum Gasteiger partial charge on any atom is 0.317 e. The molecule has 0 aromatic rings. The molecule has 5 nitrogen and oxygen atoms in total. The van der Waals surface area contributed by atoms with E-state index in [0.29, 0.717) is 6.04 Å². The molecule has 0 aromatic heterocycles. The maximum atomic E-state index is 10.9. The van der Waals surface area contributed by atoms with Gasteiger partial charge in [0.2, 0.25) is 0 Å². The van der Waals surface area contributed by atoms with Crippen molar-refractivity contribution in [2.45, 2.75) is 25.3 Å². The number of carbonyl (C=O) groups is 1. The van der Waals surface area contributed by atoms with Gasteiger partial charge in [-0.15, -0.1) is 0 Å². The predicted octanol–water partition coefficient (Wildman–Crippen LogP) is 0.504. The van der Waals surface area contributed by atoms with Crippen molar-refractivity contribution in [3.8, 4) is 0 Å². The van der Waals surface area contributed by atoms with Gasteiger partial charge in [-0.25, -0.2) is 0 Å². The van der Waals surface area contributed by atoms with Gasteiger partial charge in [-0.1, -0.05) is 0 Å². The molecule has 0 aromatic carbocycles. The van der Waals surface area contributed by atoms with E-state index in [2.05, 4.69) is 9.80 Å². The summed E-state index contributed by atoms with van der Waals surface area (Å²) in [4.78, 5) is 15.1. The third-order valence-electron chi connectivity index (χ3n) is 3.11. The number of aliphatic carboxylic acids is 1. The van der Waals surface area contributed by atoms with Gasteiger partial charge in [-0.3, -0.25) is 9.69 Å². The first-order valence-electron chi connectivity index (χ1n) is 6.28. The highest BCUT2D eigenvalue weighted by Gasteiger charge is 2.22. The highest BCUT2D eigenvalue weighted by atomic mass is 16.5. The molecule has 17 heavy (non-hydrogen) atoms. The van der Waals surface area contributed by atoms with Gasteiger partial charge in [0.05, 0.1) is 6.54 Å². The fraction of sp³-hybridized carbons (Fsp3) is 0.917. The first-order valence-corrected chi connectivity index (χ1v) is 6.28. The molecule has 0 radical (unpaired) electrons. The van der Waals surface area contributed by atoms with Crippen molar-refractivity contribution in [2.75, 3.05) is 46.9 Å². The third kappa shape index (κ3) is 6.00. The number of rotatable bonds is 6. The summed E-state index contributed by atoms with van der Waals surface area (Å²) < 4.78 is 5.42. The monoisotopic (exact) mass is 244 g/mol. The normalized spacial score (nSPS) is 21.8. The molecule has 100 valence electrons. The number of ether oxygens (including phenoxy) is 1. The Bertz CT molecular complexity index is 226. The number of likely N-dealkylation sites (N-methyl/N-ethyl adjacent to an activating group) is 1. The summed E-state index contributed by atoms with van der Waals surface area (Å²) in [7, 11) is 4.02. The van der Waals surface area contributed by atoms with E-state index in [1.807, 2.05) is 14.1 Å². The molecule has 0 aliphatic carbocycles. The maximum absolute atomic E-state index is 10.9. The average molecular weight is 244 g/mol. The summed E-state index contributed by atoms with van der Waals surface area (Å²) >= 11 is 0. The zero-order valence-corrected chi connectivity index (χ0v) is 10.9. The van der Waals surface area contributed by atoms with E-state index in [1.165, 1.54) is 0 Å². The average Bonchev–Trinajstić information content (AvgIpc) is 2.51. The second-order valence-corrected chi connectivity index (χ2v) is 4.86. The minimum atomic E-state index is -0.742. The van der Waals surface area contributed by atoms with E-state index in [4.69, 9.17) is 9.84 Å². The zero-order valence-electron chi connectivity index (χ0n) is 10.9. The number of nitrogens with zero attached hydrogens (tertiary/aromatic N) is 2. The fourth-order valence-corrected chi connectivity index (χ4v) is 2.14. The van der Waals surface area contributed by atoms with Gasteiger partial charge < -0.3 is 14.7 Å². The summed E-state index contributed by atoms with van der Waals surface area (Å²) in [5.41, 5.74) is 0. The van der Waals surface area contributed by atoms with E-state index in [9.17, 15) is 4.79 Å². The van der Waals surface area contributed by atoms with E-state index in [0.717, 1.165) is 45.6 Å². The Morgan fingerprint density at radius 3 is 2.71 bits per heavy atom. The Kier molecular flexibility index (Phi) is 6.47. The molecule has 0 amide bonds. The topological polar surface area (TPSA) is 53.0 Å². The van der Waals surface area contributed by atoms with Crippen LogP contribution in [0.1, 0.15) is 19.3 Å². The molecule has 1 rings (SSSR count). The van der Waals surface area contributed by atoms with Gasteiger partial charge >= 0.3 is 5.97 Å². The number of carboxylic acid groups (broad SMARTS) is 1. The molecular formula is C12H24N2O3. The molecule has 0 bridgehead atoms. The van der Waals surface area contributed by atoms with Crippen LogP contribution in [0.4, 0.5) is 0 Å². The van der Waals surface area contributed by atoms with Gasteiger partial charge in [0, 0.05) is 32.3 Å². The summed E-state index contributed by atoms with van der Waals surface area (Å²) in [6.45, 7) is 3.40. The van der Waals surface area contributed by atoms with E-state index >= 15 is 0 Å². The Morgan fingerprint density at radius 1 is 1.29 bits per heavy atom. The van der Waals surface area contributed by atoms with Crippen LogP contribution in [0, 0.1) is 0 Å². The van der Waals surface area contributed by atoms with Crippen LogP contribution < -0.4 is 0 Å². The second kappa shape index (κ2) is 7.63. The van der Waals surface area contributed by atoms with Crippen LogP contribution in [0.3, 0.4) is 0 Å². The Hall–Kier alpha value is -0.650. The molecule has 1 N–H and O–H groups in total. The van der Waals surface area contributed by atoms with E-state index in [-0.39, 0.29) is 6.54 Å². The molecule has 1 heterocycles. The van der Waals surface area contributed by atoms with Crippen LogP contribution in [0.2, 0.25) is 0 Å². The Balaban J connectivity index is 2.49. The van der Waals surface area contributed by atoms with Crippen molar-refractivity contribution in [3.05, 3.63) is 0 Å². The minimum Gasteiger partial charge on any atom is -0.480 e. The fourth-order valence-electron chi connectivity index (χ4n) is 2.14. The number of hydrogen-bond donors (Lipinski definition) is 1. The summed E-state index contributed by atoms with van der Waals surface area (Å²) in [6.07, 6.45) is 3.02. The lowest BCUT2D eigenvalue weighted by Gasteiger charge is -2.30. The molecule has 1 saturated heterocycles. The molecule has 1 unspecified atom stereocenters. The van der Waals surface area contributed by atoms with Crippen LogP contribution in [0.5, 0.6) is 0 Å². The lowest BCUT2D eigenvalue weighted by Crippen LogP contribution is -2.42. The molecule has 1 fully saturated rings. The van der Waals surface area contributed by atoms with Crippen LogP contribution in [0.15, 0.2) is 0 Å². The van der Waals surface area contributed by atoms with Gasteiger partial charge in [0.15, 0.2) is 0 Å². The predicted molar refractivity (Wildman–Crippen MR) is 66.2 cm³/mol. The van der Waals surface area contributed by atoms with Gasteiger partial charge in [-0.05, 0) is 33.4 Å². The highest BCUT2D eigenvalue weighted by Crippen LogP contribution is 2.15. The van der Waals surface area contributed by atoms with Crippen molar-refractivity contribution < 1.29 is 14.6 Å². The lowest BCUT2D eigenvalue weighted by molar-refractivity contribution is -0.139. The molecule has 1 aliphatic heterocycles. The SMILES string of the molecule is CN(C)CCN(CC(=O)O)C1CCCOCC1. The largest absolute Gasteiger partial charge is 0.480 e. The zero-order chi connectivity index (χ0) is 12.7. The Morgan fingerprint density at radius 2 is 2.06 bits per heavy atom. The minimum absolute atomic E-state index is 0.137. The molecule has 0 saturated carbocycles. The smallest absolute Gasteiger partial charge is 0.317 e. The van der Waals surface area contributed by atoms with E-state index in [1.54, 1.807) is 0 Å². The molecule has 1 atom stereocenters. The standard InChI is InChI=1S/C12H24N2O3/c1-13(2)6-7-14(10-12(15)16)11-4-3-8-17-9-5-11/h11H,3-10H2,1-2H3,(H,15,16). The first-order chi connectivity index (χ1) is 8.09. The van der Waals surface area contributed by atoms with Crippen molar-refractivity contribution >= 4 is 5.97 Å². The van der Waals surface area contributed by atoms with Crippen molar-refractivity contribution in [2.24, 2.45) is 0 Å². The summed E-state index contributed by atoms with van der Waals surface area (Å²) in [5.74, 6) is -0.742. The second-order valence-electron chi connectivity index (χ2n) is 4.86. The molecular weight excluding hydrogens is 220 g/mol. The van der Waals surface area contributed by atoms with Crippen LogP contribution in [0.25, 0.3) is 0 Å². The van der Waals surface area contributed by atoms with Crippen molar-refractivity contribution in [1.29, 1.82) is 0 Å². The molecule has 5 heteroatoms. The quantitative estimate of drug-likeness (QED) is 0.737.